The second kappa shape index (κ2) is 4.39. The van der Waals surface area contributed by atoms with E-state index in [0.717, 1.165) is 6.07 Å². The average Bonchev–Trinajstić information content (AvgIpc) is 2.01. The molecule has 0 aromatic heterocycles. The third kappa shape index (κ3) is 2.68. The second-order valence-electron chi connectivity index (χ2n) is 2.94. The molecule has 0 spiro atoms. The maximum atomic E-state index is 13.2. The average molecular weight is 218 g/mol. The van der Waals surface area contributed by atoms with Crippen LogP contribution in [0.1, 0.15) is 18.0 Å². The molecule has 0 unspecified atom stereocenters. The molecule has 1 atom stereocenters. The summed E-state index contributed by atoms with van der Waals surface area (Å²) in [7, 11) is 0. The summed E-state index contributed by atoms with van der Waals surface area (Å²) < 4.78 is 13.2. The first-order valence-corrected chi connectivity index (χ1v) is 4.36. The van der Waals surface area contributed by atoms with Crippen LogP contribution in [0.2, 0.25) is 5.02 Å². The summed E-state index contributed by atoms with van der Waals surface area (Å²) in [4.78, 5) is 10.3. The number of rotatable bonds is 3. The van der Waals surface area contributed by atoms with E-state index in [2.05, 4.69) is 5.73 Å². The Labute approximate surface area is 85.3 Å². The molecule has 3 nitrogen and oxygen atoms in total. The monoisotopic (exact) mass is 217 g/mol. The van der Waals surface area contributed by atoms with Crippen molar-refractivity contribution in [2.75, 3.05) is 0 Å². The zero-order chi connectivity index (χ0) is 10.7. The molecule has 0 amide bonds. The fourth-order valence-corrected chi connectivity index (χ4v) is 1.30. The van der Waals surface area contributed by atoms with Gasteiger partial charge >= 0.3 is 0 Å². The largest absolute Gasteiger partial charge is 0.550 e. The van der Waals surface area contributed by atoms with Gasteiger partial charge in [-0.1, -0.05) is 11.6 Å². The normalized spacial score (nSPS) is 12.5. The van der Waals surface area contributed by atoms with Crippen LogP contribution in [0.25, 0.3) is 0 Å². The van der Waals surface area contributed by atoms with Crippen LogP contribution in [-0.2, 0) is 4.79 Å². The van der Waals surface area contributed by atoms with Gasteiger partial charge in [-0.25, -0.2) is 4.39 Å². The summed E-state index contributed by atoms with van der Waals surface area (Å²) in [6.45, 7) is 0. The molecule has 0 aliphatic heterocycles. The number of aliphatic carboxylic acids is 1. The van der Waals surface area contributed by atoms with Crippen LogP contribution < -0.4 is 10.8 Å². The zero-order valence-corrected chi connectivity index (χ0v) is 8.05. The van der Waals surface area contributed by atoms with E-state index in [4.69, 9.17) is 11.6 Å². The van der Waals surface area contributed by atoms with Crippen LogP contribution in [0.3, 0.4) is 0 Å². The van der Waals surface area contributed by atoms with Gasteiger partial charge in [-0.15, -0.1) is 0 Å². The SMILES string of the molecule is [NH3+][C@H](CC(=O)[O-])c1ccc(Cl)cc1F. The van der Waals surface area contributed by atoms with Gasteiger partial charge in [0.25, 0.3) is 0 Å². The van der Waals surface area contributed by atoms with Crippen molar-refractivity contribution in [1.29, 1.82) is 0 Å². The highest BCUT2D eigenvalue weighted by Gasteiger charge is 2.14. The van der Waals surface area contributed by atoms with Crippen molar-refractivity contribution in [1.82, 2.24) is 0 Å². The number of benzene rings is 1. The van der Waals surface area contributed by atoms with Crippen LogP contribution in [0.5, 0.6) is 0 Å². The highest BCUT2D eigenvalue weighted by Crippen LogP contribution is 2.19. The van der Waals surface area contributed by atoms with E-state index in [1.54, 1.807) is 0 Å². The number of carbonyl (C=O) groups excluding carboxylic acids is 1. The maximum Gasteiger partial charge on any atom is 0.133 e. The van der Waals surface area contributed by atoms with E-state index in [0.29, 0.717) is 0 Å². The highest BCUT2D eigenvalue weighted by molar-refractivity contribution is 6.30. The maximum absolute atomic E-state index is 13.2. The number of hydrogen-bond acceptors (Lipinski definition) is 2. The number of hydrogen-bond donors (Lipinski definition) is 1. The van der Waals surface area contributed by atoms with Crippen molar-refractivity contribution in [3.63, 3.8) is 0 Å². The molecule has 0 bridgehead atoms. The minimum absolute atomic E-state index is 0.235. The summed E-state index contributed by atoms with van der Waals surface area (Å²) >= 11 is 5.54. The molecule has 0 radical (unpaired) electrons. The Morgan fingerprint density at radius 2 is 2.29 bits per heavy atom. The van der Waals surface area contributed by atoms with E-state index in [-0.39, 0.29) is 17.0 Å². The van der Waals surface area contributed by atoms with Crippen LogP contribution in [0, 0.1) is 5.82 Å². The molecule has 0 fully saturated rings. The fourth-order valence-electron chi connectivity index (χ4n) is 1.14. The lowest BCUT2D eigenvalue weighted by Crippen LogP contribution is -2.55. The third-order valence-corrected chi connectivity index (χ3v) is 2.05. The smallest absolute Gasteiger partial charge is 0.133 e. The number of carbonyl (C=O) groups is 1. The Bertz CT molecular complexity index is 357. The Kier molecular flexibility index (Phi) is 3.43. The Morgan fingerprint density at radius 1 is 1.64 bits per heavy atom. The van der Waals surface area contributed by atoms with E-state index in [1.165, 1.54) is 12.1 Å². The van der Waals surface area contributed by atoms with Gasteiger partial charge in [0, 0.05) is 23.0 Å². The number of carboxylic acid groups (broad SMARTS) is 1. The third-order valence-electron chi connectivity index (χ3n) is 1.82. The van der Waals surface area contributed by atoms with E-state index >= 15 is 0 Å². The van der Waals surface area contributed by atoms with Gasteiger partial charge < -0.3 is 15.6 Å². The first-order chi connectivity index (χ1) is 6.50. The van der Waals surface area contributed by atoms with Gasteiger partial charge in [0.15, 0.2) is 0 Å². The molecule has 0 saturated carbocycles. The molecule has 0 aliphatic rings. The van der Waals surface area contributed by atoms with Crippen LogP contribution in [0.15, 0.2) is 18.2 Å². The molecule has 1 aromatic carbocycles. The van der Waals surface area contributed by atoms with Crippen molar-refractivity contribution in [3.05, 3.63) is 34.6 Å². The summed E-state index contributed by atoms with van der Waals surface area (Å²) in [6.07, 6.45) is -0.307. The van der Waals surface area contributed by atoms with Gasteiger partial charge in [0.2, 0.25) is 0 Å². The molecule has 14 heavy (non-hydrogen) atoms. The predicted molar refractivity (Wildman–Crippen MR) is 46.7 cm³/mol. The lowest BCUT2D eigenvalue weighted by molar-refractivity contribution is -0.431. The molecule has 1 aromatic rings. The summed E-state index contributed by atoms with van der Waals surface area (Å²) in [5.74, 6) is -1.79. The summed E-state index contributed by atoms with van der Waals surface area (Å²) in [5.41, 5.74) is 3.77. The van der Waals surface area contributed by atoms with Crippen LogP contribution >= 0.6 is 11.6 Å². The molecule has 5 heteroatoms. The molecular weight excluding hydrogens is 209 g/mol. The van der Waals surface area contributed by atoms with Crippen molar-refractivity contribution in [2.45, 2.75) is 12.5 Å². The van der Waals surface area contributed by atoms with E-state index in [1.807, 2.05) is 0 Å². The molecule has 76 valence electrons. The van der Waals surface area contributed by atoms with Crippen LogP contribution in [-0.4, -0.2) is 5.97 Å². The van der Waals surface area contributed by atoms with Crippen molar-refractivity contribution in [2.24, 2.45) is 0 Å². The van der Waals surface area contributed by atoms with Gasteiger partial charge in [-0.3, -0.25) is 0 Å². The Hall–Kier alpha value is -1.13. The van der Waals surface area contributed by atoms with Gasteiger partial charge in [-0.2, -0.15) is 0 Å². The molecule has 3 N–H and O–H groups in total. The van der Waals surface area contributed by atoms with Crippen molar-refractivity contribution >= 4 is 17.6 Å². The second-order valence-corrected chi connectivity index (χ2v) is 3.38. The highest BCUT2D eigenvalue weighted by atomic mass is 35.5. The van der Waals surface area contributed by atoms with Gasteiger partial charge in [0.1, 0.15) is 11.9 Å². The molecular formula is C9H9ClFNO2. The fraction of sp³-hybridized carbons (Fsp3) is 0.222. The topological polar surface area (TPSA) is 67.8 Å². The molecule has 0 saturated heterocycles. The van der Waals surface area contributed by atoms with Crippen LogP contribution in [0.4, 0.5) is 4.39 Å². The molecule has 1 rings (SSSR count). The van der Waals surface area contributed by atoms with Crippen molar-refractivity contribution in [3.8, 4) is 0 Å². The minimum atomic E-state index is -1.25. The van der Waals surface area contributed by atoms with Crippen molar-refractivity contribution < 1.29 is 20.0 Å². The van der Waals surface area contributed by atoms with Gasteiger partial charge in [0.05, 0.1) is 0 Å². The minimum Gasteiger partial charge on any atom is -0.550 e. The predicted octanol–water partition coefficient (Wildman–Crippen LogP) is -0.0979. The number of quaternary nitrogens is 1. The standard InChI is InChI=1S/C9H9ClFNO2/c10-5-1-2-6(7(11)3-5)8(12)4-9(13)14/h1-3,8H,4,12H2,(H,13,14)/t8-/m1/s1. The van der Waals surface area contributed by atoms with Gasteiger partial charge in [-0.05, 0) is 18.2 Å². The molecule has 0 heterocycles. The van der Waals surface area contributed by atoms with E-state index < -0.39 is 17.8 Å². The Morgan fingerprint density at radius 3 is 2.79 bits per heavy atom. The number of halogens is 2. The molecule has 0 aliphatic carbocycles. The van der Waals surface area contributed by atoms with E-state index in [9.17, 15) is 14.3 Å². The zero-order valence-electron chi connectivity index (χ0n) is 7.30. The first kappa shape index (κ1) is 10.9. The summed E-state index contributed by atoms with van der Waals surface area (Å²) in [6, 6.07) is 3.40. The number of carboxylic acids is 1. The lowest BCUT2D eigenvalue weighted by atomic mass is 10.0. The first-order valence-electron chi connectivity index (χ1n) is 3.98. The lowest BCUT2D eigenvalue weighted by Gasteiger charge is -2.10. The Balaban J connectivity index is 2.90. The summed E-state index contributed by atoms with van der Waals surface area (Å²) in [5, 5.41) is 10.5. The quantitative estimate of drug-likeness (QED) is 0.769.